The zero-order valence-corrected chi connectivity index (χ0v) is 19.3. The van der Waals surface area contributed by atoms with E-state index >= 15 is 0 Å². The molecule has 0 radical (unpaired) electrons. The maximum absolute atomic E-state index is 12.6. The average molecular weight is 455 g/mol. The molecule has 33 heavy (non-hydrogen) atoms. The van der Waals surface area contributed by atoms with Gasteiger partial charge in [-0.25, -0.2) is 9.59 Å². The van der Waals surface area contributed by atoms with Crippen molar-refractivity contribution in [3.63, 3.8) is 0 Å². The number of rotatable bonds is 9. The Kier molecular flexibility index (Phi) is 7.38. The fourth-order valence-electron chi connectivity index (χ4n) is 3.88. The Morgan fingerprint density at radius 3 is 2.09 bits per heavy atom. The average Bonchev–Trinajstić information content (AvgIpc) is 3.12. The number of ether oxygens (including phenoxy) is 2. The Morgan fingerprint density at radius 1 is 1.03 bits per heavy atom. The van der Waals surface area contributed by atoms with Crippen LogP contribution in [0.15, 0.2) is 48.5 Å². The van der Waals surface area contributed by atoms with Crippen molar-refractivity contribution in [3.8, 4) is 11.1 Å². The molecule has 2 aromatic rings. The highest BCUT2D eigenvalue weighted by Gasteiger charge is 2.35. The Balaban J connectivity index is 1.57. The SMILES string of the molecule is CO[C@H](C)[C@H](NC(=O)C(C)(C)CNC(=O)OCC1c2ccccc2-c2ccccc21)C(=O)O. The predicted octanol–water partition coefficient (Wildman–Crippen LogP) is 3.16. The van der Waals surface area contributed by atoms with E-state index in [4.69, 9.17) is 9.47 Å². The summed E-state index contributed by atoms with van der Waals surface area (Å²) in [5, 5.41) is 14.4. The van der Waals surface area contributed by atoms with E-state index in [0.29, 0.717) is 0 Å². The first-order valence-corrected chi connectivity index (χ1v) is 10.8. The largest absolute Gasteiger partial charge is 0.480 e. The molecule has 1 aliphatic rings. The fourth-order valence-corrected chi connectivity index (χ4v) is 3.88. The van der Waals surface area contributed by atoms with Crippen molar-refractivity contribution in [3.05, 3.63) is 59.7 Å². The highest BCUT2D eigenvalue weighted by molar-refractivity contribution is 5.87. The van der Waals surface area contributed by atoms with E-state index in [1.54, 1.807) is 20.8 Å². The number of carbonyl (C=O) groups is 3. The van der Waals surface area contributed by atoms with Gasteiger partial charge in [-0.05, 0) is 43.0 Å². The molecule has 1 aliphatic carbocycles. The Hall–Kier alpha value is -3.39. The van der Waals surface area contributed by atoms with Crippen molar-refractivity contribution in [2.24, 2.45) is 5.41 Å². The van der Waals surface area contributed by atoms with Crippen molar-refractivity contribution in [2.45, 2.75) is 38.8 Å². The number of carboxylic acids is 1. The van der Waals surface area contributed by atoms with E-state index in [0.717, 1.165) is 22.3 Å². The second kappa shape index (κ2) is 10.0. The first kappa shape index (κ1) is 24.3. The summed E-state index contributed by atoms with van der Waals surface area (Å²) >= 11 is 0. The maximum atomic E-state index is 12.6. The minimum atomic E-state index is -1.20. The molecular weight excluding hydrogens is 424 g/mol. The molecular formula is C25H30N2O6. The van der Waals surface area contributed by atoms with Crippen LogP contribution in [0.4, 0.5) is 4.79 Å². The third-order valence-corrected chi connectivity index (χ3v) is 6.03. The fraction of sp³-hybridized carbons (Fsp3) is 0.400. The van der Waals surface area contributed by atoms with Gasteiger partial charge < -0.3 is 25.2 Å². The van der Waals surface area contributed by atoms with Gasteiger partial charge in [-0.3, -0.25) is 4.79 Å². The Labute approximate surface area is 193 Å². The van der Waals surface area contributed by atoms with Crippen molar-refractivity contribution in [1.29, 1.82) is 0 Å². The van der Waals surface area contributed by atoms with E-state index in [2.05, 4.69) is 22.8 Å². The molecule has 8 nitrogen and oxygen atoms in total. The normalized spacial score (nSPS) is 14.5. The minimum absolute atomic E-state index is 0.0246. The van der Waals surface area contributed by atoms with Gasteiger partial charge in [-0.15, -0.1) is 0 Å². The summed E-state index contributed by atoms with van der Waals surface area (Å²) < 4.78 is 10.5. The smallest absolute Gasteiger partial charge is 0.407 e. The number of methoxy groups -OCH3 is 1. The van der Waals surface area contributed by atoms with Crippen LogP contribution in [0, 0.1) is 5.41 Å². The van der Waals surface area contributed by atoms with Gasteiger partial charge in [0.1, 0.15) is 6.61 Å². The van der Waals surface area contributed by atoms with Crippen molar-refractivity contribution < 1.29 is 29.0 Å². The summed E-state index contributed by atoms with van der Waals surface area (Å²) in [4.78, 5) is 36.5. The molecule has 0 saturated heterocycles. The van der Waals surface area contributed by atoms with Crippen LogP contribution in [0.25, 0.3) is 11.1 Å². The topological polar surface area (TPSA) is 114 Å². The molecule has 0 saturated carbocycles. The van der Waals surface area contributed by atoms with Gasteiger partial charge in [-0.2, -0.15) is 0 Å². The van der Waals surface area contributed by atoms with E-state index in [1.807, 2.05) is 36.4 Å². The highest BCUT2D eigenvalue weighted by Crippen LogP contribution is 2.44. The summed E-state index contributed by atoms with van der Waals surface area (Å²) in [5.74, 6) is -1.78. The van der Waals surface area contributed by atoms with Gasteiger partial charge in [0.2, 0.25) is 5.91 Å². The molecule has 0 fully saturated rings. The Bertz CT molecular complexity index is 990. The second-order valence-electron chi connectivity index (χ2n) is 8.79. The summed E-state index contributed by atoms with van der Waals surface area (Å²) in [6, 6.07) is 14.9. The van der Waals surface area contributed by atoms with Crippen LogP contribution < -0.4 is 10.6 Å². The summed E-state index contributed by atoms with van der Waals surface area (Å²) in [5.41, 5.74) is 3.43. The number of benzene rings is 2. The molecule has 2 amide bonds. The van der Waals surface area contributed by atoms with Gasteiger partial charge in [0.15, 0.2) is 6.04 Å². The van der Waals surface area contributed by atoms with Crippen LogP contribution in [-0.2, 0) is 19.1 Å². The zero-order chi connectivity index (χ0) is 24.2. The summed E-state index contributed by atoms with van der Waals surface area (Å²) in [6.07, 6.45) is -1.35. The quantitative estimate of drug-likeness (QED) is 0.536. The lowest BCUT2D eigenvalue weighted by atomic mass is 9.91. The minimum Gasteiger partial charge on any atom is -0.480 e. The van der Waals surface area contributed by atoms with Crippen LogP contribution >= 0.6 is 0 Å². The lowest BCUT2D eigenvalue weighted by Crippen LogP contribution is -2.54. The van der Waals surface area contributed by atoms with E-state index < -0.39 is 35.5 Å². The Morgan fingerprint density at radius 2 is 1.58 bits per heavy atom. The number of alkyl carbamates (subject to hydrolysis) is 1. The van der Waals surface area contributed by atoms with Crippen LogP contribution in [0.5, 0.6) is 0 Å². The van der Waals surface area contributed by atoms with Gasteiger partial charge in [0.05, 0.1) is 11.5 Å². The number of hydrogen-bond acceptors (Lipinski definition) is 5. The molecule has 0 spiro atoms. The molecule has 0 heterocycles. The van der Waals surface area contributed by atoms with Crippen molar-refractivity contribution in [1.82, 2.24) is 10.6 Å². The van der Waals surface area contributed by atoms with Crippen molar-refractivity contribution >= 4 is 18.0 Å². The van der Waals surface area contributed by atoms with Crippen LogP contribution in [0.3, 0.4) is 0 Å². The number of hydrogen-bond donors (Lipinski definition) is 3. The second-order valence-corrected chi connectivity index (χ2v) is 8.79. The van der Waals surface area contributed by atoms with Crippen LogP contribution in [0.1, 0.15) is 37.8 Å². The third-order valence-electron chi connectivity index (χ3n) is 6.03. The third kappa shape index (κ3) is 5.34. The van der Waals surface area contributed by atoms with E-state index in [9.17, 15) is 19.5 Å². The predicted molar refractivity (Wildman–Crippen MR) is 123 cm³/mol. The molecule has 0 aliphatic heterocycles. The summed E-state index contributed by atoms with van der Waals surface area (Å²) in [7, 11) is 1.37. The maximum Gasteiger partial charge on any atom is 0.407 e. The molecule has 0 unspecified atom stereocenters. The van der Waals surface area contributed by atoms with Gasteiger partial charge in [0.25, 0.3) is 0 Å². The van der Waals surface area contributed by atoms with Gasteiger partial charge >= 0.3 is 12.1 Å². The van der Waals surface area contributed by atoms with Gasteiger partial charge in [0, 0.05) is 19.6 Å². The zero-order valence-electron chi connectivity index (χ0n) is 19.3. The number of nitrogens with one attached hydrogen (secondary N) is 2. The molecule has 176 valence electrons. The highest BCUT2D eigenvalue weighted by atomic mass is 16.5. The molecule has 3 N–H and O–H groups in total. The lowest BCUT2D eigenvalue weighted by molar-refractivity contribution is -0.147. The number of carboxylic acid groups (broad SMARTS) is 1. The monoisotopic (exact) mass is 454 g/mol. The van der Waals surface area contributed by atoms with E-state index in [-0.39, 0.29) is 19.1 Å². The summed E-state index contributed by atoms with van der Waals surface area (Å²) in [6.45, 7) is 4.92. The molecule has 0 bridgehead atoms. The van der Waals surface area contributed by atoms with E-state index in [1.165, 1.54) is 7.11 Å². The molecule has 3 rings (SSSR count). The standard InChI is InChI=1S/C25H30N2O6/c1-15(32-4)21(22(28)29)27-23(30)25(2,3)14-26-24(31)33-13-20-18-11-7-5-9-16(18)17-10-6-8-12-19(17)20/h5-12,15,20-21H,13-14H2,1-4H3,(H,26,31)(H,27,30)(H,28,29)/t15-,21+/m1/s1. The molecule has 2 atom stereocenters. The molecule has 2 aromatic carbocycles. The number of amides is 2. The molecule has 0 aromatic heterocycles. The van der Waals surface area contributed by atoms with Crippen LogP contribution in [-0.4, -0.2) is 55.5 Å². The number of aliphatic carboxylic acids is 1. The van der Waals surface area contributed by atoms with Crippen molar-refractivity contribution in [2.75, 3.05) is 20.3 Å². The number of fused-ring (bicyclic) bond motifs is 3. The van der Waals surface area contributed by atoms with Gasteiger partial charge in [-0.1, -0.05) is 48.5 Å². The first-order valence-electron chi connectivity index (χ1n) is 10.8. The lowest BCUT2D eigenvalue weighted by Gasteiger charge is -2.28. The first-order chi connectivity index (χ1) is 15.7. The van der Waals surface area contributed by atoms with Crippen LogP contribution in [0.2, 0.25) is 0 Å². The molecule has 8 heteroatoms. The number of carbonyl (C=O) groups excluding carboxylic acids is 2.